The van der Waals surface area contributed by atoms with Crippen molar-refractivity contribution in [3.63, 3.8) is 0 Å². The van der Waals surface area contributed by atoms with E-state index < -0.39 is 17.1 Å². The van der Waals surface area contributed by atoms with Gasteiger partial charge in [0.1, 0.15) is 0 Å². The molecule has 0 aromatic carbocycles. The largest absolute Gasteiger partial charge is 0.379 e. The van der Waals surface area contributed by atoms with Crippen molar-refractivity contribution >= 4 is 17.1 Å². The van der Waals surface area contributed by atoms with Gasteiger partial charge in [-0.15, -0.1) is 6.58 Å². The maximum Gasteiger partial charge on any atom is 0.285 e. The van der Waals surface area contributed by atoms with E-state index in [2.05, 4.69) is 19.7 Å². The second kappa shape index (κ2) is 4.30. The van der Waals surface area contributed by atoms with Crippen molar-refractivity contribution in [2.75, 3.05) is 6.61 Å². The van der Waals surface area contributed by atoms with E-state index in [1.807, 2.05) is 6.55 Å². The summed E-state index contributed by atoms with van der Waals surface area (Å²) in [5, 5.41) is 0. The maximum atomic E-state index is 12.5. The van der Waals surface area contributed by atoms with E-state index in [0.29, 0.717) is 0 Å². The molecule has 4 heteroatoms. The molecular formula is C10H21O2Si2. The SMILES string of the molecule is C=C[Si](C)([O])C1([SiH](C)C)CCCCO1. The van der Waals surface area contributed by atoms with E-state index in [4.69, 9.17) is 4.74 Å². The fourth-order valence-corrected chi connectivity index (χ4v) is 9.99. The van der Waals surface area contributed by atoms with Crippen molar-refractivity contribution in [3.05, 3.63) is 12.3 Å². The molecular weight excluding hydrogens is 208 g/mol. The fraction of sp³-hybridized carbons (Fsp3) is 0.800. The third-order valence-electron chi connectivity index (χ3n) is 3.46. The summed E-state index contributed by atoms with van der Waals surface area (Å²) < 4.78 is 5.92. The van der Waals surface area contributed by atoms with Crippen LogP contribution in [0.25, 0.3) is 0 Å². The molecule has 1 heterocycles. The van der Waals surface area contributed by atoms with Crippen LogP contribution in [0.3, 0.4) is 0 Å². The molecule has 2 atom stereocenters. The van der Waals surface area contributed by atoms with E-state index in [9.17, 15) is 4.80 Å². The highest BCUT2D eigenvalue weighted by atomic mass is 28.4. The Kier molecular flexibility index (Phi) is 3.74. The van der Waals surface area contributed by atoms with E-state index in [-0.39, 0.29) is 4.85 Å². The Bertz CT molecular complexity index is 208. The average molecular weight is 229 g/mol. The smallest absolute Gasteiger partial charge is 0.285 e. The van der Waals surface area contributed by atoms with Crippen molar-refractivity contribution in [3.8, 4) is 0 Å². The quantitative estimate of drug-likeness (QED) is 0.682. The third kappa shape index (κ3) is 1.89. The first kappa shape index (κ1) is 12.2. The molecule has 1 aliphatic rings. The average Bonchev–Trinajstić information content (AvgIpc) is 2.18. The lowest BCUT2D eigenvalue weighted by atomic mass is 10.2. The number of ether oxygens (including phenoxy) is 1. The molecule has 2 unspecified atom stereocenters. The lowest BCUT2D eigenvalue weighted by Gasteiger charge is -2.45. The highest BCUT2D eigenvalue weighted by molar-refractivity contribution is 6.91. The Labute approximate surface area is 89.7 Å². The molecule has 0 N–H and O–H groups in total. The van der Waals surface area contributed by atoms with Crippen LogP contribution >= 0.6 is 0 Å². The molecule has 0 aromatic rings. The van der Waals surface area contributed by atoms with Crippen LogP contribution in [0.2, 0.25) is 19.6 Å². The number of hydrogen-bond donors (Lipinski definition) is 0. The summed E-state index contributed by atoms with van der Waals surface area (Å²) in [6, 6.07) is 0. The van der Waals surface area contributed by atoms with Gasteiger partial charge in [-0.1, -0.05) is 18.8 Å². The Morgan fingerprint density at radius 2 is 2.14 bits per heavy atom. The van der Waals surface area contributed by atoms with Gasteiger partial charge in [0.05, 0.1) is 13.6 Å². The summed E-state index contributed by atoms with van der Waals surface area (Å²) in [6.07, 6.45) is 3.25. The summed E-state index contributed by atoms with van der Waals surface area (Å²) in [6.45, 7) is 10.8. The highest BCUT2D eigenvalue weighted by Crippen LogP contribution is 2.35. The van der Waals surface area contributed by atoms with Crippen molar-refractivity contribution in [2.45, 2.75) is 43.8 Å². The second-order valence-corrected chi connectivity index (χ2v) is 11.9. The minimum absolute atomic E-state index is 0.271. The van der Waals surface area contributed by atoms with Gasteiger partial charge in [0.15, 0.2) is 0 Å². The molecule has 0 aliphatic carbocycles. The summed E-state index contributed by atoms with van der Waals surface area (Å²) in [7, 11) is -3.71. The Morgan fingerprint density at radius 1 is 1.50 bits per heavy atom. The van der Waals surface area contributed by atoms with Crippen LogP contribution in [0, 0.1) is 0 Å². The molecule has 81 valence electrons. The normalized spacial score (nSPS) is 32.6. The van der Waals surface area contributed by atoms with Crippen LogP contribution in [-0.4, -0.2) is 28.6 Å². The van der Waals surface area contributed by atoms with Gasteiger partial charge < -0.3 is 4.74 Å². The van der Waals surface area contributed by atoms with Crippen LogP contribution in [0.1, 0.15) is 19.3 Å². The van der Waals surface area contributed by atoms with Gasteiger partial charge in [-0.3, -0.25) is 4.80 Å². The molecule has 0 amide bonds. The fourth-order valence-electron chi connectivity index (χ4n) is 2.41. The van der Waals surface area contributed by atoms with Gasteiger partial charge in [0.2, 0.25) is 0 Å². The molecule has 0 bridgehead atoms. The third-order valence-corrected chi connectivity index (χ3v) is 12.1. The second-order valence-electron chi connectivity index (χ2n) is 4.66. The van der Waals surface area contributed by atoms with E-state index >= 15 is 0 Å². The zero-order chi connectivity index (χ0) is 10.8. The van der Waals surface area contributed by atoms with Crippen molar-refractivity contribution in [2.24, 2.45) is 0 Å². The molecule has 2 nitrogen and oxygen atoms in total. The summed E-state index contributed by atoms with van der Waals surface area (Å²) in [5.41, 5.74) is 1.67. The zero-order valence-electron chi connectivity index (χ0n) is 9.51. The van der Waals surface area contributed by atoms with Gasteiger partial charge in [-0.2, -0.15) is 0 Å². The van der Waals surface area contributed by atoms with Gasteiger partial charge in [0.25, 0.3) is 8.32 Å². The standard InChI is InChI=1S/C10H21O2Si2/c1-5-14(4,11)10(13(2)3)8-6-7-9-12-10/h5,13H,1,6-9H2,2-4H3. The molecule has 0 aromatic heterocycles. The summed E-state index contributed by atoms with van der Waals surface area (Å²) in [4.78, 5) is 12.2. The van der Waals surface area contributed by atoms with Crippen LogP contribution in [0.4, 0.5) is 0 Å². The molecule has 1 rings (SSSR count). The van der Waals surface area contributed by atoms with E-state index in [0.717, 1.165) is 25.9 Å². The highest BCUT2D eigenvalue weighted by Gasteiger charge is 2.53. The minimum atomic E-state index is -2.64. The van der Waals surface area contributed by atoms with Crippen molar-refractivity contribution in [1.29, 1.82) is 0 Å². The monoisotopic (exact) mass is 229 g/mol. The van der Waals surface area contributed by atoms with E-state index in [1.54, 1.807) is 5.70 Å². The first-order valence-corrected chi connectivity index (χ1v) is 10.8. The molecule has 1 fully saturated rings. The lowest BCUT2D eigenvalue weighted by Crippen LogP contribution is -2.65. The van der Waals surface area contributed by atoms with Crippen LogP contribution in [0.5, 0.6) is 0 Å². The van der Waals surface area contributed by atoms with Crippen LogP contribution in [-0.2, 0) is 9.53 Å². The molecule has 1 aliphatic heterocycles. The Balaban J connectivity index is 2.96. The number of hydrogen-bond acceptors (Lipinski definition) is 1. The van der Waals surface area contributed by atoms with Gasteiger partial charge >= 0.3 is 0 Å². The van der Waals surface area contributed by atoms with Crippen molar-refractivity contribution in [1.82, 2.24) is 0 Å². The first-order chi connectivity index (χ1) is 6.46. The topological polar surface area (TPSA) is 29.1 Å². The Morgan fingerprint density at radius 3 is 2.50 bits per heavy atom. The van der Waals surface area contributed by atoms with Gasteiger partial charge in [-0.25, -0.2) is 0 Å². The zero-order valence-corrected chi connectivity index (χ0v) is 11.7. The predicted octanol–water partition coefficient (Wildman–Crippen LogP) is 2.22. The minimum Gasteiger partial charge on any atom is -0.379 e. The van der Waals surface area contributed by atoms with Crippen LogP contribution < -0.4 is 0 Å². The Hall–Kier alpha value is 0.0938. The molecule has 1 radical (unpaired) electrons. The molecule has 0 saturated carbocycles. The number of rotatable bonds is 3. The first-order valence-electron chi connectivity index (χ1n) is 5.44. The van der Waals surface area contributed by atoms with E-state index in [1.165, 1.54) is 0 Å². The lowest BCUT2D eigenvalue weighted by molar-refractivity contribution is 0.0141. The van der Waals surface area contributed by atoms with Crippen molar-refractivity contribution < 1.29 is 9.53 Å². The predicted molar refractivity (Wildman–Crippen MR) is 63.9 cm³/mol. The maximum absolute atomic E-state index is 12.5. The van der Waals surface area contributed by atoms with Gasteiger partial charge in [0, 0.05) is 6.61 Å². The summed E-state index contributed by atoms with van der Waals surface area (Å²) in [5.74, 6) is 0. The molecule has 14 heavy (non-hydrogen) atoms. The molecule has 0 spiro atoms. The molecule has 1 saturated heterocycles. The summed E-state index contributed by atoms with van der Waals surface area (Å²) >= 11 is 0. The van der Waals surface area contributed by atoms with Crippen LogP contribution in [0.15, 0.2) is 12.3 Å². The van der Waals surface area contributed by atoms with Gasteiger partial charge in [-0.05, 0) is 25.8 Å².